The van der Waals surface area contributed by atoms with Crippen LogP contribution in [0.1, 0.15) is 29.0 Å². The van der Waals surface area contributed by atoms with E-state index in [1.165, 1.54) is 5.56 Å². The van der Waals surface area contributed by atoms with Gasteiger partial charge < -0.3 is 5.11 Å². The van der Waals surface area contributed by atoms with E-state index in [9.17, 15) is 5.11 Å². The van der Waals surface area contributed by atoms with Gasteiger partial charge in [-0.15, -0.1) is 11.3 Å². The molecule has 1 N–H and O–H groups in total. The average Bonchev–Trinajstić information content (AvgIpc) is 2.77. The maximum absolute atomic E-state index is 10.3. The fraction of sp³-hybridized carbons (Fsp3) is 0.286. The highest BCUT2D eigenvalue weighted by atomic mass is 79.9. The number of aliphatic hydroxyl groups is 1. The second kappa shape index (κ2) is 5.80. The van der Waals surface area contributed by atoms with Crippen LogP contribution < -0.4 is 0 Å². The first-order chi connectivity index (χ1) is 8.20. The van der Waals surface area contributed by atoms with Crippen molar-refractivity contribution in [2.45, 2.75) is 25.9 Å². The lowest BCUT2D eigenvalue weighted by Crippen LogP contribution is -2.02. The first kappa shape index (κ1) is 12.8. The molecule has 1 heterocycles. The van der Waals surface area contributed by atoms with Crippen LogP contribution in [0.4, 0.5) is 0 Å². The number of hydrogen-bond donors (Lipinski definition) is 1. The fourth-order valence-electron chi connectivity index (χ4n) is 1.91. The lowest BCUT2D eigenvalue weighted by atomic mass is 10.0. The van der Waals surface area contributed by atoms with Crippen LogP contribution in [0.3, 0.4) is 0 Å². The molecule has 0 saturated carbocycles. The molecule has 2 aromatic rings. The highest BCUT2D eigenvalue weighted by Gasteiger charge is 2.13. The van der Waals surface area contributed by atoms with Crippen LogP contribution in [-0.2, 0) is 12.8 Å². The van der Waals surface area contributed by atoms with Crippen molar-refractivity contribution < 1.29 is 5.11 Å². The van der Waals surface area contributed by atoms with E-state index in [4.69, 9.17) is 0 Å². The summed E-state index contributed by atoms with van der Waals surface area (Å²) in [5, 5.41) is 12.3. The molecule has 0 aliphatic heterocycles. The normalized spacial score (nSPS) is 12.6. The van der Waals surface area contributed by atoms with Crippen molar-refractivity contribution in [1.29, 1.82) is 0 Å². The summed E-state index contributed by atoms with van der Waals surface area (Å²) in [6, 6.07) is 10.2. The summed E-state index contributed by atoms with van der Waals surface area (Å²) in [7, 11) is 0. The number of benzene rings is 1. The zero-order valence-corrected chi connectivity index (χ0v) is 12.1. The summed E-state index contributed by atoms with van der Waals surface area (Å²) in [5.41, 5.74) is 2.42. The van der Waals surface area contributed by atoms with Crippen molar-refractivity contribution in [3.63, 3.8) is 0 Å². The van der Waals surface area contributed by atoms with Gasteiger partial charge in [0.05, 0.1) is 6.10 Å². The number of rotatable bonds is 4. The molecule has 1 aromatic heterocycles. The minimum Gasteiger partial charge on any atom is -0.387 e. The van der Waals surface area contributed by atoms with Crippen LogP contribution in [0.25, 0.3) is 0 Å². The molecule has 0 bridgehead atoms. The van der Waals surface area contributed by atoms with E-state index in [-0.39, 0.29) is 6.10 Å². The second-order valence-corrected chi connectivity index (χ2v) is 5.88. The first-order valence-electron chi connectivity index (χ1n) is 5.69. The molecule has 2 rings (SSSR count). The predicted octanol–water partition coefficient (Wildman–Crippen LogP) is 4.35. The van der Waals surface area contributed by atoms with E-state index in [0.29, 0.717) is 6.42 Å². The SMILES string of the molecule is CCc1ccsc1C(O)Cc1cccc(Br)c1. The van der Waals surface area contributed by atoms with Gasteiger partial charge in [-0.1, -0.05) is 35.0 Å². The van der Waals surface area contributed by atoms with Crippen LogP contribution >= 0.6 is 27.3 Å². The zero-order valence-electron chi connectivity index (χ0n) is 9.69. The topological polar surface area (TPSA) is 20.2 Å². The van der Waals surface area contributed by atoms with E-state index >= 15 is 0 Å². The van der Waals surface area contributed by atoms with Crippen LogP contribution in [0.15, 0.2) is 40.2 Å². The lowest BCUT2D eigenvalue weighted by molar-refractivity contribution is 0.181. The number of aliphatic hydroxyl groups excluding tert-OH is 1. The van der Waals surface area contributed by atoms with E-state index < -0.39 is 0 Å². The van der Waals surface area contributed by atoms with Crippen molar-refractivity contribution in [1.82, 2.24) is 0 Å². The molecule has 0 radical (unpaired) electrons. The molecular formula is C14H15BrOS. The third-order valence-corrected chi connectivity index (χ3v) is 4.34. The highest BCUT2D eigenvalue weighted by molar-refractivity contribution is 9.10. The van der Waals surface area contributed by atoms with Gasteiger partial charge in [0.2, 0.25) is 0 Å². The Kier molecular flexibility index (Phi) is 4.37. The van der Waals surface area contributed by atoms with Crippen LogP contribution in [0.5, 0.6) is 0 Å². The fourth-order valence-corrected chi connectivity index (χ4v) is 3.34. The van der Waals surface area contributed by atoms with Gasteiger partial charge in [0.25, 0.3) is 0 Å². The van der Waals surface area contributed by atoms with Crippen molar-refractivity contribution in [3.8, 4) is 0 Å². The maximum Gasteiger partial charge on any atom is 0.0924 e. The predicted molar refractivity (Wildman–Crippen MR) is 76.5 cm³/mol. The van der Waals surface area contributed by atoms with Crippen molar-refractivity contribution >= 4 is 27.3 Å². The molecule has 3 heteroatoms. The summed E-state index contributed by atoms with van der Waals surface area (Å²) in [4.78, 5) is 1.10. The monoisotopic (exact) mass is 310 g/mol. The van der Waals surface area contributed by atoms with Crippen LogP contribution in [-0.4, -0.2) is 5.11 Å². The molecule has 0 amide bonds. The Bertz CT molecular complexity index is 492. The maximum atomic E-state index is 10.3. The summed E-state index contributed by atoms with van der Waals surface area (Å²) in [6.07, 6.45) is 1.26. The molecule has 0 fully saturated rings. The quantitative estimate of drug-likeness (QED) is 0.890. The third kappa shape index (κ3) is 3.18. The molecule has 90 valence electrons. The number of aryl methyl sites for hydroxylation is 1. The van der Waals surface area contributed by atoms with Gasteiger partial charge in [-0.25, -0.2) is 0 Å². The van der Waals surface area contributed by atoms with Gasteiger partial charge in [0.15, 0.2) is 0 Å². The van der Waals surface area contributed by atoms with Crippen molar-refractivity contribution in [2.24, 2.45) is 0 Å². The molecular weight excluding hydrogens is 296 g/mol. The summed E-state index contributed by atoms with van der Waals surface area (Å²) >= 11 is 5.09. The summed E-state index contributed by atoms with van der Waals surface area (Å²) in [6.45, 7) is 2.12. The van der Waals surface area contributed by atoms with Gasteiger partial charge in [-0.05, 0) is 41.1 Å². The molecule has 1 aromatic carbocycles. The van der Waals surface area contributed by atoms with Gasteiger partial charge in [-0.3, -0.25) is 0 Å². The van der Waals surface area contributed by atoms with Gasteiger partial charge >= 0.3 is 0 Å². The second-order valence-electron chi connectivity index (χ2n) is 4.01. The Morgan fingerprint density at radius 1 is 1.35 bits per heavy atom. The van der Waals surface area contributed by atoms with E-state index in [1.807, 2.05) is 18.2 Å². The standard InChI is InChI=1S/C14H15BrOS/c1-2-11-6-7-17-14(11)13(16)9-10-4-3-5-12(15)8-10/h3-8,13,16H,2,9H2,1H3. The molecule has 17 heavy (non-hydrogen) atoms. The van der Waals surface area contributed by atoms with E-state index in [2.05, 4.69) is 40.4 Å². The van der Waals surface area contributed by atoms with Crippen LogP contribution in [0, 0.1) is 0 Å². The minimum absolute atomic E-state index is 0.390. The third-order valence-electron chi connectivity index (χ3n) is 2.78. The lowest BCUT2D eigenvalue weighted by Gasteiger charge is -2.11. The number of thiophene rings is 1. The Morgan fingerprint density at radius 3 is 2.88 bits per heavy atom. The van der Waals surface area contributed by atoms with Crippen LogP contribution in [0.2, 0.25) is 0 Å². The highest BCUT2D eigenvalue weighted by Crippen LogP contribution is 2.28. The molecule has 1 atom stereocenters. The smallest absolute Gasteiger partial charge is 0.0924 e. The molecule has 0 aliphatic carbocycles. The Hall–Kier alpha value is -0.640. The first-order valence-corrected chi connectivity index (χ1v) is 7.36. The minimum atomic E-state index is -0.390. The molecule has 1 nitrogen and oxygen atoms in total. The van der Waals surface area contributed by atoms with E-state index in [1.54, 1.807) is 11.3 Å². The zero-order chi connectivity index (χ0) is 12.3. The van der Waals surface area contributed by atoms with E-state index in [0.717, 1.165) is 21.3 Å². The summed E-state index contributed by atoms with van der Waals surface area (Å²) in [5.74, 6) is 0. The number of halogens is 1. The average molecular weight is 311 g/mol. The van der Waals surface area contributed by atoms with Gasteiger partial charge in [-0.2, -0.15) is 0 Å². The molecule has 0 aliphatic rings. The Balaban J connectivity index is 2.14. The van der Waals surface area contributed by atoms with Crippen molar-refractivity contribution in [3.05, 3.63) is 56.2 Å². The van der Waals surface area contributed by atoms with Gasteiger partial charge in [0.1, 0.15) is 0 Å². The molecule has 0 saturated heterocycles. The van der Waals surface area contributed by atoms with Crippen molar-refractivity contribution in [2.75, 3.05) is 0 Å². The molecule has 1 unspecified atom stereocenters. The molecule has 0 spiro atoms. The number of hydrogen-bond acceptors (Lipinski definition) is 2. The Labute approximate surface area is 114 Å². The Morgan fingerprint density at radius 2 is 2.18 bits per heavy atom. The largest absolute Gasteiger partial charge is 0.387 e. The summed E-state index contributed by atoms with van der Waals surface area (Å²) < 4.78 is 1.06. The van der Waals surface area contributed by atoms with Gasteiger partial charge in [0, 0.05) is 15.8 Å².